The van der Waals surface area contributed by atoms with Crippen LogP contribution in [0, 0.1) is 0 Å². The second kappa shape index (κ2) is 4.87. The first-order valence-electron chi connectivity index (χ1n) is 5.39. The van der Waals surface area contributed by atoms with Gasteiger partial charge in [0.25, 0.3) is 0 Å². The Morgan fingerprint density at radius 2 is 1.73 bits per heavy atom. The fraction of sp³-hybridized carbons (Fsp3) is 0.385. The van der Waals surface area contributed by atoms with Crippen molar-refractivity contribution in [3.05, 3.63) is 35.9 Å². The molecule has 1 aliphatic rings. The number of nitrogens with zero attached hydrogens (tertiary/aromatic N) is 2. The van der Waals surface area contributed by atoms with Gasteiger partial charge in [0.2, 0.25) is 0 Å². The third-order valence-corrected chi connectivity index (χ3v) is 2.02. The number of hydrogen-bond acceptors (Lipinski definition) is 2. The Labute approximate surface area is 91.7 Å². The van der Waals surface area contributed by atoms with Gasteiger partial charge in [0.05, 0.1) is 11.2 Å². The van der Waals surface area contributed by atoms with Crippen LogP contribution in [0.4, 0.5) is 5.69 Å². The van der Waals surface area contributed by atoms with Gasteiger partial charge in [-0.15, -0.1) is 0 Å². The molecule has 1 heterocycles. The summed E-state index contributed by atoms with van der Waals surface area (Å²) >= 11 is 0. The average molecular weight is 202 g/mol. The minimum atomic E-state index is -0.182. The quantitative estimate of drug-likeness (QED) is 0.587. The van der Waals surface area contributed by atoms with Crippen LogP contribution < -0.4 is 0 Å². The molecule has 0 spiro atoms. The molecule has 0 aliphatic carbocycles. The number of rotatable bonds is 0. The molecule has 0 atom stereocenters. The van der Waals surface area contributed by atoms with Crippen LogP contribution in [0.15, 0.2) is 40.6 Å². The highest BCUT2D eigenvalue weighted by Crippen LogP contribution is 2.27. The zero-order chi connectivity index (χ0) is 11.3. The molecule has 0 unspecified atom stereocenters. The molecule has 2 nitrogen and oxygen atoms in total. The van der Waals surface area contributed by atoms with E-state index in [2.05, 4.69) is 22.4 Å². The van der Waals surface area contributed by atoms with Gasteiger partial charge in [-0.2, -0.15) is 10.2 Å². The van der Waals surface area contributed by atoms with Crippen LogP contribution in [0.25, 0.3) is 6.08 Å². The van der Waals surface area contributed by atoms with Crippen molar-refractivity contribution in [1.82, 2.24) is 0 Å². The third-order valence-electron chi connectivity index (χ3n) is 2.02. The summed E-state index contributed by atoms with van der Waals surface area (Å²) in [6.07, 6.45) is 4.15. The SMILES string of the molecule is CC.CC1(C)C=Cc2ccccc2N=N1. The Hall–Kier alpha value is -1.44. The molecule has 15 heavy (non-hydrogen) atoms. The molecule has 0 N–H and O–H groups in total. The van der Waals surface area contributed by atoms with Crippen molar-refractivity contribution >= 4 is 11.8 Å². The second-order valence-corrected chi connectivity index (χ2v) is 3.75. The number of fused-ring (bicyclic) bond motifs is 1. The highest BCUT2D eigenvalue weighted by atomic mass is 15.1. The molecule has 0 fully saturated rings. The zero-order valence-corrected chi connectivity index (χ0v) is 9.86. The van der Waals surface area contributed by atoms with Gasteiger partial charge < -0.3 is 0 Å². The normalized spacial score (nSPS) is 16.0. The van der Waals surface area contributed by atoms with Crippen molar-refractivity contribution in [3.63, 3.8) is 0 Å². The number of hydrogen-bond donors (Lipinski definition) is 0. The van der Waals surface area contributed by atoms with Crippen molar-refractivity contribution in [3.8, 4) is 0 Å². The van der Waals surface area contributed by atoms with Gasteiger partial charge in [0.15, 0.2) is 0 Å². The van der Waals surface area contributed by atoms with Crippen LogP contribution in [0.1, 0.15) is 33.3 Å². The van der Waals surface area contributed by atoms with Crippen molar-refractivity contribution in [1.29, 1.82) is 0 Å². The maximum Gasteiger partial charge on any atom is 0.0947 e. The lowest BCUT2D eigenvalue weighted by Crippen LogP contribution is -2.09. The minimum Gasteiger partial charge on any atom is -0.178 e. The van der Waals surface area contributed by atoms with Gasteiger partial charge in [-0.1, -0.05) is 44.2 Å². The summed E-state index contributed by atoms with van der Waals surface area (Å²) < 4.78 is 0. The second-order valence-electron chi connectivity index (χ2n) is 3.75. The lowest BCUT2D eigenvalue weighted by atomic mass is 10.1. The van der Waals surface area contributed by atoms with Crippen molar-refractivity contribution in [2.24, 2.45) is 10.2 Å². The van der Waals surface area contributed by atoms with Crippen LogP contribution in [0.5, 0.6) is 0 Å². The third kappa shape index (κ3) is 3.01. The monoisotopic (exact) mass is 202 g/mol. The molecule has 2 heteroatoms. The summed E-state index contributed by atoms with van der Waals surface area (Å²) in [7, 11) is 0. The molecule has 1 aromatic rings. The maximum atomic E-state index is 4.24. The lowest BCUT2D eigenvalue weighted by Gasteiger charge is -2.09. The van der Waals surface area contributed by atoms with Crippen LogP contribution in [-0.4, -0.2) is 5.54 Å². The molecule has 0 aromatic heterocycles. The number of benzene rings is 1. The standard InChI is InChI=1S/C11H12N2.C2H6/c1-11(2)8-7-9-5-3-4-6-10(9)12-13-11;1-2/h3-8H,1-2H3;1-2H3. The zero-order valence-electron chi connectivity index (χ0n) is 9.86. The summed E-state index contributed by atoms with van der Waals surface area (Å²) in [5.41, 5.74) is 1.90. The fourth-order valence-corrected chi connectivity index (χ4v) is 1.23. The number of azo groups is 1. The molecule has 2 rings (SSSR count). The topological polar surface area (TPSA) is 24.7 Å². The van der Waals surface area contributed by atoms with Crippen molar-refractivity contribution in [2.75, 3.05) is 0 Å². The molecule has 0 amide bonds. The first-order chi connectivity index (χ1) is 7.17. The van der Waals surface area contributed by atoms with E-state index in [9.17, 15) is 0 Å². The van der Waals surface area contributed by atoms with Crippen LogP contribution in [0.3, 0.4) is 0 Å². The molecule has 0 saturated carbocycles. The average Bonchev–Trinajstić information content (AvgIpc) is 2.42. The molecule has 1 aliphatic heterocycles. The Bertz CT molecular complexity index is 341. The Morgan fingerprint density at radius 1 is 1.07 bits per heavy atom. The van der Waals surface area contributed by atoms with E-state index in [1.165, 1.54) is 0 Å². The lowest BCUT2D eigenvalue weighted by molar-refractivity contribution is 0.625. The van der Waals surface area contributed by atoms with E-state index < -0.39 is 0 Å². The molecule has 1 aromatic carbocycles. The van der Waals surface area contributed by atoms with Gasteiger partial charge in [-0.3, -0.25) is 0 Å². The molecule has 0 bridgehead atoms. The first-order valence-corrected chi connectivity index (χ1v) is 5.39. The van der Waals surface area contributed by atoms with E-state index in [1.54, 1.807) is 0 Å². The summed E-state index contributed by atoms with van der Waals surface area (Å²) in [5.74, 6) is 0. The van der Waals surface area contributed by atoms with E-state index in [0.29, 0.717) is 0 Å². The fourth-order valence-electron chi connectivity index (χ4n) is 1.23. The van der Waals surface area contributed by atoms with Crippen molar-refractivity contribution < 1.29 is 0 Å². The van der Waals surface area contributed by atoms with Gasteiger partial charge in [-0.25, -0.2) is 0 Å². The summed E-state index contributed by atoms with van der Waals surface area (Å²) in [6, 6.07) is 8.01. The van der Waals surface area contributed by atoms with Gasteiger partial charge in [0.1, 0.15) is 0 Å². The van der Waals surface area contributed by atoms with E-state index in [0.717, 1.165) is 11.3 Å². The molecule has 0 radical (unpaired) electrons. The van der Waals surface area contributed by atoms with Crippen molar-refractivity contribution in [2.45, 2.75) is 33.2 Å². The van der Waals surface area contributed by atoms with Gasteiger partial charge >= 0.3 is 0 Å². The van der Waals surface area contributed by atoms with Gasteiger partial charge in [0, 0.05) is 5.56 Å². The maximum absolute atomic E-state index is 4.24. The van der Waals surface area contributed by atoms with Gasteiger partial charge in [-0.05, 0) is 19.9 Å². The van der Waals surface area contributed by atoms with E-state index in [1.807, 2.05) is 52.0 Å². The van der Waals surface area contributed by atoms with E-state index >= 15 is 0 Å². The van der Waals surface area contributed by atoms with Crippen LogP contribution in [-0.2, 0) is 0 Å². The smallest absolute Gasteiger partial charge is 0.0947 e. The predicted molar refractivity (Wildman–Crippen MR) is 65.4 cm³/mol. The highest BCUT2D eigenvalue weighted by Gasteiger charge is 2.14. The van der Waals surface area contributed by atoms with Crippen LogP contribution >= 0.6 is 0 Å². The summed E-state index contributed by atoms with van der Waals surface area (Å²) in [4.78, 5) is 0. The minimum absolute atomic E-state index is 0.182. The largest absolute Gasteiger partial charge is 0.178 e. The molecular weight excluding hydrogens is 184 g/mol. The predicted octanol–water partition coefficient (Wildman–Crippen LogP) is 4.60. The molecule has 0 saturated heterocycles. The van der Waals surface area contributed by atoms with E-state index in [4.69, 9.17) is 0 Å². The Balaban J connectivity index is 0.000000531. The summed E-state index contributed by atoms with van der Waals surface area (Å²) in [6.45, 7) is 8.08. The Kier molecular flexibility index (Phi) is 3.78. The highest BCUT2D eigenvalue weighted by molar-refractivity contribution is 5.64. The molecular formula is C13H18N2. The summed E-state index contributed by atoms with van der Waals surface area (Å²) in [5, 5.41) is 8.44. The Morgan fingerprint density at radius 3 is 2.47 bits per heavy atom. The van der Waals surface area contributed by atoms with Crippen LogP contribution in [0.2, 0.25) is 0 Å². The van der Waals surface area contributed by atoms with E-state index in [-0.39, 0.29) is 5.54 Å². The molecule has 80 valence electrons. The first kappa shape index (κ1) is 11.6.